The second-order valence-corrected chi connectivity index (χ2v) is 6.22. The van der Waals surface area contributed by atoms with Crippen LogP contribution in [-0.2, 0) is 6.18 Å². The van der Waals surface area contributed by atoms with Crippen molar-refractivity contribution in [2.75, 3.05) is 11.9 Å². The molecule has 3 rings (SSSR count). The van der Waals surface area contributed by atoms with Crippen LogP contribution < -0.4 is 10.1 Å². The number of para-hydroxylation sites is 1. The van der Waals surface area contributed by atoms with Crippen LogP contribution in [0.1, 0.15) is 18.9 Å². The number of fused-ring (bicyclic) bond motifs is 1. The number of nitrogens with one attached hydrogen (secondary N) is 1. The smallest absolute Gasteiger partial charge is 0.417 e. The van der Waals surface area contributed by atoms with Crippen LogP contribution in [0.25, 0.3) is 10.9 Å². The molecule has 1 atom stereocenters. The van der Waals surface area contributed by atoms with Crippen LogP contribution in [0.2, 0.25) is 5.02 Å². The third-order valence-corrected chi connectivity index (χ3v) is 4.20. The maximum absolute atomic E-state index is 12.7. The van der Waals surface area contributed by atoms with Crippen LogP contribution in [0.5, 0.6) is 5.88 Å². The standard InChI is InChI=1S/C18H16ClF3N4O/c1-2-12(26-16-13-5-3-4-6-15(13)24-10-25-16)9-27-17-14(19)7-11(8-23-17)18(20,21)22/h3-8,10,12H,2,9H2,1H3,(H,24,25,26)/t12-/m0/s1. The van der Waals surface area contributed by atoms with E-state index in [2.05, 4.69) is 20.3 Å². The number of nitrogens with zero attached hydrogens (tertiary/aromatic N) is 3. The minimum absolute atomic E-state index is 0.0440. The lowest BCUT2D eigenvalue weighted by Crippen LogP contribution is -2.27. The van der Waals surface area contributed by atoms with Gasteiger partial charge in [0, 0.05) is 11.6 Å². The van der Waals surface area contributed by atoms with Crippen molar-refractivity contribution in [2.24, 2.45) is 0 Å². The molecule has 1 aromatic carbocycles. The van der Waals surface area contributed by atoms with E-state index in [0.717, 1.165) is 17.0 Å². The maximum atomic E-state index is 12.7. The fraction of sp³-hybridized carbons (Fsp3) is 0.278. The molecule has 0 saturated heterocycles. The topological polar surface area (TPSA) is 59.9 Å². The third kappa shape index (κ3) is 4.57. The van der Waals surface area contributed by atoms with Crippen molar-refractivity contribution in [3.8, 4) is 5.88 Å². The van der Waals surface area contributed by atoms with Crippen molar-refractivity contribution in [2.45, 2.75) is 25.6 Å². The van der Waals surface area contributed by atoms with E-state index in [0.29, 0.717) is 18.4 Å². The van der Waals surface area contributed by atoms with Gasteiger partial charge < -0.3 is 10.1 Å². The zero-order valence-corrected chi connectivity index (χ0v) is 15.1. The molecule has 27 heavy (non-hydrogen) atoms. The quantitative estimate of drug-likeness (QED) is 0.637. The number of halogens is 4. The zero-order chi connectivity index (χ0) is 19.4. The number of anilines is 1. The van der Waals surface area contributed by atoms with E-state index in [1.54, 1.807) is 0 Å². The molecule has 0 unspecified atom stereocenters. The highest BCUT2D eigenvalue weighted by atomic mass is 35.5. The highest BCUT2D eigenvalue weighted by Gasteiger charge is 2.31. The predicted molar refractivity (Wildman–Crippen MR) is 97.0 cm³/mol. The highest BCUT2D eigenvalue weighted by Crippen LogP contribution is 2.33. The van der Waals surface area contributed by atoms with Gasteiger partial charge in [0.2, 0.25) is 5.88 Å². The molecule has 9 heteroatoms. The van der Waals surface area contributed by atoms with E-state index in [1.165, 1.54) is 6.33 Å². The van der Waals surface area contributed by atoms with Gasteiger partial charge in [0.1, 0.15) is 23.8 Å². The lowest BCUT2D eigenvalue weighted by Gasteiger charge is -2.19. The summed E-state index contributed by atoms with van der Waals surface area (Å²) in [7, 11) is 0. The van der Waals surface area contributed by atoms with Gasteiger partial charge in [0.05, 0.1) is 17.1 Å². The first kappa shape index (κ1) is 19.2. The minimum atomic E-state index is -4.50. The van der Waals surface area contributed by atoms with Crippen molar-refractivity contribution < 1.29 is 17.9 Å². The fourth-order valence-corrected chi connectivity index (χ4v) is 2.66. The molecule has 0 radical (unpaired) electrons. The van der Waals surface area contributed by atoms with Gasteiger partial charge >= 0.3 is 6.18 Å². The Morgan fingerprint density at radius 2 is 1.96 bits per heavy atom. The molecule has 2 aromatic heterocycles. The lowest BCUT2D eigenvalue weighted by atomic mass is 10.2. The van der Waals surface area contributed by atoms with E-state index in [9.17, 15) is 13.2 Å². The molecule has 5 nitrogen and oxygen atoms in total. The first-order valence-electron chi connectivity index (χ1n) is 8.20. The van der Waals surface area contributed by atoms with E-state index in [1.807, 2.05) is 31.2 Å². The molecule has 0 spiro atoms. The SMILES string of the molecule is CC[C@@H](COc1ncc(C(F)(F)F)cc1Cl)Nc1ncnc2ccccc12. The number of rotatable bonds is 6. The summed E-state index contributed by atoms with van der Waals surface area (Å²) in [5.74, 6) is 0.611. The van der Waals surface area contributed by atoms with Crippen LogP contribution in [0.15, 0.2) is 42.9 Å². The number of alkyl halides is 3. The van der Waals surface area contributed by atoms with Crippen molar-refractivity contribution in [1.82, 2.24) is 15.0 Å². The van der Waals surface area contributed by atoms with Gasteiger partial charge in [-0.3, -0.25) is 0 Å². The first-order valence-corrected chi connectivity index (χ1v) is 8.58. The summed E-state index contributed by atoms with van der Waals surface area (Å²) in [5.41, 5.74) is -0.115. The molecule has 0 fully saturated rings. The van der Waals surface area contributed by atoms with Crippen LogP contribution in [-0.4, -0.2) is 27.6 Å². The van der Waals surface area contributed by atoms with Crippen LogP contribution in [0.4, 0.5) is 19.0 Å². The summed E-state index contributed by atoms with van der Waals surface area (Å²) < 4.78 is 43.6. The fourth-order valence-electron chi connectivity index (χ4n) is 2.44. The Labute approximate surface area is 158 Å². The van der Waals surface area contributed by atoms with Crippen LogP contribution in [0, 0.1) is 0 Å². The molecule has 0 aliphatic rings. The number of ether oxygens (including phenoxy) is 1. The second-order valence-electron chi connectivity index (χ2n) is 5.81. The lowest BCUT2D eigenvalue weighted by molar-refractivity contribution is -0.137. The molecular formula is C18H16ClF3N4O. The summed E-state index contributed by atoms with van der Waals surface area (Å²) in [6, 6.07) is 8.21. The summed E-state index contributed by atoms with van der Waals surface area (Å²) in [4.78, 5) is 12.1. The molecule has 0 bridgehead atoms. The number of hydrogen-bond acceptors (Lipinski definition) is 5. The Hall–Kier alpha value is -2.61. The first-order chi connectivity index (χ1) is 12.9. The zero-order valence-electron chi connectivity index (χ0n) is 14.3. The van der Waals surface area contributed by atoms with Crippen LogP contribution in [0.3, 0.4) is 0 Å². The van der Waals surface area contributed by atoms with E-state index in [-0.39, 0.29) is 23.6 Å². The van der Waals surface area contributed by atoms with Gasteiger partial charge in [0.15, 0.2) is 0 Å². The molecule has 142 valence electrons. The Morgan fingerprint density at radius 3 is 2.67 bits per heavy atom. The predicted octanol–water partition coefficient (Wildman–Crippen LogP) is 4.97. The van der Waals surface area contributed by atoms with Crippen LogP contribution >= 0.6 is 11.6 Å². The van der Waals surface area contributed by atoms with Gasteiger partial charge in [-0.2, -0.15) is 13.2 Å². The Morgan fingerprint density at radius 1 is 1.19 bits per heavy atom. The number of hydrogen-bond donors (Lipinski definition) is 1. The minimum Gasteiger partial charge on any atom is -0.474 e. The summed E-state index contributed by atoms with van der Waals surface area (Å²) in [6.07, 6.45) is -1.65. The largest absolute Gasteiger partial charge is 0.474 e. The summed E-state index contributed by atoms with van der Waals surface area (Å²) in [5, 5.41) is 3.95. The number of aromatic nitrogens is 3. The second kappa shape index (κ2) is 7.96. The summed E-state index contributed by atoms with van der Waals surface area (Å²) in [6.45, 7) is 2.11. The average Bonchev–Trinajstić information content (AvgIpc) is 2.65. The number of benzene rings is 1. The van der Waals surface area contributed by atoms with Crippen molar-refractivity contribution in [1.29, 1.82) is 0 Å². The van der Waals surface area contributed by atoms with Crippen molar-refractivity contribution in [3.05, 3.63) is 53.4 Å². The number of pyridine rings is 1. The third-order valence-electron chi connectivity index (χ3n) is 3.93. The van der Waals surface area contributed by atoms with Gasteiger partial charge in [-0.15, -0.1) is 0 Å². The molecule has 2 heterocycles. The molecule has 0 saturated carbocycles. The molecule has 0 aliphatic heterocycles. The highest BCUT2D eigenvalue weighted by molar-refractivity contribution is 6.31. The molecule has 3 aromatic rings. The van der Waals surface area contributed by atoms with Gasteiger partial charge in [0.25, 0.3) is 0 Å². The van der Waals surface area contributed by atoms with Crippen molar-refractivity contribution >= 4 is 28.3 Å². The average molecular weight is 397 g/mol. The Kier molecular flexibility index (Phi) is 5.65. The van der Waals surface area contributed by atoms with Gasteiger partial charge in [-0.05, 0) is 24.6 Å². The Bertz CT molecular complexity index is 931. The molecule has 0 aliphatic carbocycles. The summed E-state index contributed by atoms with van der Waals surface area (Å²) >= 11 is 5.87. The monoisotopic (exact) mass is 396 g/mol. The molecule has 0 amide bonds. The van der Waals surface area contributed by atoms with Gasteiger partial charge in [-0.25, -0.2) is 15.0 Å². The molecule has 1 N–H and O–H groups in total. The van der Waals surface area contributed by atoms with E-state index in [4.69, 9.17) is 16.3 Å². The Balaban J connectivity index is 1.71. The van der Waals surface area contributed by atoms with E-state index >= 15 is 0 Å². The van der Waals surface area contributed by atoms with E-state index < -0.39 is 11.7 Å². The van der Waals surface area contributed by atoms with Gasteiger partial charge in [-0.1, -0.05) is 30.7 Å². The normalized spacial score (nSPS) is 12.8. The van der Waals surface area contributed by atoms with Crippen molar-refractivity contribution in [3.63, 3.8) is 0 Å². The maximum Gasteiger partial charge on any atom is 0.417 e. The molecular weight excluding hydrogens is 381 g/mol.